The maximum absolute atomic E-state index is 13.0. The van der Waals surface area contributed by atoms with E-state index in [1.807, 2.05) is 12.1 Å². The monoisotopic (exact) mass is 473 g/mol. The third-order valence-electron chi connectivity index (χ3n) is 6.72. The second-order valence-electron chi connectivity index (χ2n) is 8.55. The SMILES string of the molecule is COc1cc([C@@H]2c3cc4c(cc3[C@@H](OCC(O)CN)C3COC(=O)[C@@H]32)OCO4)cc(OC)c1O. The number of hydrogen-bond acceptors (Lipinski definition) is 10. The van der Waals surface area contributed by atoms with Crippen molar-refractivity contribution in [1.82, 2.24) is 0 Å². The highest BCUT2D eigenvalue weighted by Crippen LogP contribution is 2.56. The van der Waals surface area contributed by atoms with Crippen LogP contribution in [0.2, 0.25) is 0 Å². The summed E-state index contributed by atoms with van der Waals surface area (Å²) in [5, 5.41) is 20.4. The Bertz CT molecular complexity index is 1080. The summed E-state index contributed by atoms with van der Waals surface area (Å²) in [7, 11) is 2.90. The van der Waals surface area contributed by atoms with Gasteiger partial charge in [0.05, 0.1) is 45.6 Å². The lowest BCUT2D eigenvalue weighted by atomic mass is 9.66. The van der Waals surface area contributed by atoms with Gasteiger partial charge in [-0.3, -0.25) is 4.79 Å². The van der Waals surface area contributed by atoms with Crippen LogP contribution in [0.15, 0.2) is 24.3 Å². The predicted octanol–water partition coefficient (Wildman–Crippen LogP) is 1.45. The molecule has 2 aromatic rings. The summed E-state index contributed by atoms with van der Waals surface area (Å²) in [6.07, 6.45) is -1.36. The van der Waals surface area contributed by atoms with Gasteiger partial charge < -0.3 is 44.4 Å². The van der Waals surface area contributed by atoms with Crippen LogP contribution in [0.25, 0.3) is 0 Å². The Morgan fingerprint density at radius 2 is 1.71 bits per heavy atom. The predicted molar refractivity (Wildman–Crippen MR) is 117 cm³/mol. The van der Waals surface area contributed by atoms with Crippen LogP contribution in [0.3, 0.4) is 0 Å². The smallest absolute Gasteiger partial charge is 0.310 e. The maximum atomic E-state index is 13.0. The molecule has 1 aliphatic carbocycles. The van der Waals surface area contributed by atoms with Gasteiger partial charge in [-0.2, -0.15) is 0 Å². The van der Waals surface area contributed by atoms with Crippen molar-refractivity contribution in [2.24, 2.45) is 17.6 Å². The molecule has 3 aliphatic rings. The number of benzene rings is 2. The molecule has 10 nitrogen and oxygen atoms in total. The lowest BCUT2D eigenvalue weighted by Gasteiger charge is -2.39. The largest absolute Gasteiger partial charge is 0.502 e. The lowest BCUT2D eigenvalue weighted by molar-refractivity contribution is -0.141. The van der Waals surface area contributed by atoms with Crippen LogP contribution in [0, 0.1) is 11.8 Å². The van der Waals surface area contributed by atoms with Gasteiger partial charge in [-0.1, -0.05) is 0 Å². The van der Waals surface area contributed by atoms with Gasteiger partial charge in [-0.15, -0.1) is 0 Å². The molecular weight excluding hydrogens is 446 g/mol. The number of phenolic OH excluding ortho intramolecular Hbond substituents is 1. The molecule has 2 unspecified atom stereocenters. The number of fused-ring (bicyclic) bond motifs is 3. The lowest BCUT2D eigenvalue weighted by Crippen LogP contribution is -2.37. The molecule has 0 spiro atoms. The van der Waals surface area contributed by atoms with E-state index in [4.69, 9.17) is 34.2 Å². The summed E-state index contributed by atoms with van der Waals surface area (Å²) in [5.74, 6) is -0.231. The number of hydrogen-bond donors (Lipinski definition) is 3. The first-order valence-electron chi connectivity index (χ1n) is 11.0. The van der Waals surface area contributed by atoms with Crippen LogP contribution in [-0.4, -0.2) is 63.1 Å². The number of carbonyl (C=O) groups excluding carboxylic acids is 1. The molecule has 0 saturated carbocycles. The molecule has 0 bridgehead atoms. The third kappa shape index (κ3) is 3.58. The Morgan fingerprint density at radius 1 is 1.06 bits per heavy atom. The number of aromatic hydroxyl groups is 1. The zero-order valence-corrected chi connectivity index (χ0v) is 18.9. The van der Waals surface area contributed by atoms with E-state index in [1.165, 1.54) is 14.2 Å². The van der Waals surface area contributed by atoms with Crippen LogP contribution < -0.4 is 24.7 Å². The van der Waals surface area contributed by atoms with E-state index in [0.717, 1.165) is 11.1 Å². The summed E-state index contributed by atoms with van der Waals surface area (Å²) >= 11 is 0. The summed E-state index contributed by atoms with van der Waals surface area (Å²) in [6.45, 7) is 0.331. The van der Waals surface area contributed by atoms with Gasteiger partial charge in [0.15, 0.2) is 23.0 Å². The summed E-state index contributed by atoms with van der Waals surface area (Å²) in [4.78, 5) is 13.0. The van der Waals surface area contributed by atoms with Crippen molar-refractivity contribution in [1.29, 1.82) is 0 Å². The fourth-order valence-electron chi connectivity index (χ4n) is 5.10. The molecule has 5 atom stereocenters. The molecular formula is C24H27NO9. The van der Waals surface area contributed by atoms with E-state index in [0.29, 0.717) is 17.1 Å². The quantitative estimate of drug-likeness (QED) is 0.506. The third-order valence-corrected chi connectivity index (χ3v) is 6.72. The van der Waals surface area contributed by atoms with E-state index in [9.17, 15) is 15.0 Å². The summed E-state index contributed by atoms with van der Waals surface area (Å²) < 4.78 is 33.6. The second kappa shape index (κ2) is 8.86. The number of rotatable bonds is 7. The normalized spacial score (nSPS) is 25.4. The van der Waals surface area contributed by atoms with E-state index in [2.05, 4.69) is 0 Å². The number of cyclic esters (lactones) is 1. The van der Waals surface area contributed by atoms with Crippen LogP contribution >= 0.6 is 0 Å². The number of esters is 1. The number of carbonyl (C=O) groups is 1. The van der Waals surface area contributed by atoms with Crippen molar-refractivity contribution in [2.45, 2.75) is 18.1 Å². The zero-order chi connectivity index (χ0) is 24.0. The number of aliphatic hydroxyl groups excluding tert-OH is 1. The molecule has 34 heavy (non-hydrogen) atoms. The summed E-state index contributed by atoms with van der Waals surface area (Å²) in [6, 6.07) is 7.10. The minimum absolute atomic E-state index is 0.0119. The van der Waals surface area contributed by atoms with Gasteiger partial charge >= 0.3 is 5.97 Å². The first kappa shape index (κ1) is 22.6. The van der Waals surface area contributed by atoms with E-state index < -0.39 is 24.0 Å². The first-order valence-corrected chi connectivity index (χ1v) is 11.0. The number of aliphatic hydroxyl groups is 1. The van der Waals surface area contributed by atoms with E-state index in [-0.39, 0.29) is 55.7 Å². The van der Waals surface area contributed by atoms with Crippen LogP contribution in [0.1, 0.15) is 28.7 Å². The Morgan fingerprint density at radius 3 is 2.32 bits per heavy atom. The Balaban J connectivity index is 1.69. The van der Waals surface area contributed by atoms with Crippen LogP contribution in [0.4, 0.5) is 0 Å². The van der Waals surface area contributed by atoms with Gasteiger partial charge in [-0.25, -0.2) is 0 Å². The van der Waals surface area contributed by atoms with Crippen molar-refractivity contribution in [2.75, 3.05) is 40.8 Å². The standard InChI is InChI=1S/C24H27NO9/c1-29-18-3-11(4-19(30-2)22(18)27)20-13-5-16-17(34-10-33-16)6-14(13)23(31-8-12(26)7-25)15-9-32-24(28)21(15)20/h3-6,12,15,20-21,23,26-27H,7-10,25H2,1-2H3/t12?,15?,20-,21+,23-/m1/s1. The van der Waals surface area contributed by atoms with Gasteiger partial charge in [0.25, 0.3) is 0 Å². The highest BCUT2D eigenvalue weighted by molar-refractivity contribution is 5.79. The Labute approximate surface area is 196 Å². The maximum Gasteiger partial charge on any atom is 0.310 e. The summed E-state index contributed by atoms with van der Waals surface area (Å²) in [5.41, 5.74) is 7.88. The molecule has 10 heteroatoms. The van der Waals surface area contributed by atoms with E-state index >= 15 is 0 Å². The molecule has 0 radical (unpaired) electrons. The molecule has 1 saturated heterocycles. The van der Waals surface area contributed by atoms with Crippen molar-refractivity contribution >= 4 is 5.97 Å². The Kier molecular flexibility index (Phi) is 5.88. The van der Waals surface area contributed by atoms with Gasteiger partial charge in [-0.05, 0) is 41.0 Å². The molecule has 2 aliphatic heterocycles. The molecule has 182 valence electrons. The van der Waals surface area contributed by atoms with Crippen LogP contribution in [0.5, 0.6) is 28.7 Å². The van der Waals surface area contributed by atoms with Crippen molar-refractivity contribution in [3.8, 4) is 28.7 Å². The highest BCUT2D eigenvalue weighted by atomic mass is 16.7. The number of phenols is 1. The molecule has 0 aromatic heterocycles. The van der Waals surface area contributed by atoms with Gasteiger partial charge in [0, 0.05) is 18.4 Å². The molecule has 1 fully saturated rings. The van der Waals surface area contributed by atoms with Crippen molar-refractivity contribution in [3.63, 3.8) is 0 Å². The number of nitrogens with two attached hydrogens (primary N) is 1. The molecule has 0 amide bonds. The average molecular weight is 473 g/mol. The first-order chi connectivity index (χ1) is 16.5. The molecule has 2 heterocycles. The van der Waals surface area contributed by atoms with Crippen LogP contribution in [-0.2, 0) is 14.3 Å². The second-order valence-corrected chi connectivity index (χ2v) is 8.55. The molecule has 5 rings (SSSR count). The average Bonchev–Trinajstić information content (AvgIpc) is 3.47. The Hall–Kier alpha value is -3.21. The van der Waals surface area contributed by atoms with E-state index in [1.54, 1.807) is 12.1 Å². The van der Waals surface area contributed by atoms with Crippen molar-refractivity contribution in [3.05, 3.63) is 41.0 Å². The van der Waals surface area contributed by atoms with Gasteiger partial charge in [0.1, 0.15) is 0 Å². The molecule has 2 aromatic carbocycles. The minimum atomic E-state index is -0.836. The highest BCUT2D eigenvalue weighted by Gasteiger charge is 2.53. The topological polar surface area (TPSA) is 139 Å². The fraction of sp³-hybridized carbons (Fsp3) is 0.458. The molecule has 4 N–H and O–H groups in total. The zero-order valence-electron chi connectivity index (χ0n) is 18.9. The number of ether oxygens (including phenoxy) is 6. The van der Waals surface area contributed by atoms with Gasteiger partial charge in [0.2, 0.25) is 12.5 Å². The van der Waals surface area contributed by atoms with Crippen molar-refractivity contribution < 1.29 is 43.4 Å². The number of methoxy groups -OCH3 is 2. The minimum Gasteiger partial charge on any atom is -0.502 e. The fourth-order valence-corrected chi connectivity index (χ4v) is 5.10.